The minimum atomic E-state index is -4.66. The highest BCUT2D eigenvalue weighted by molar-refractivity contribution is 7.14. The number of thiazole rings is 1. The third kappa shape index (κ3) is 6.51. The fraction of sp³-hybridized carbons (Fsp3) is 0.545. The summed E-state index contributed by atoms with van der Waals surface area (Å²) in [7, 11) is 0. The van der Waals surface area contributed by atoms with Crippen LogP contribution < -0.4 is 10.6 Å². The summed E-state index contributed by atoms with van der Waals surface area (Å²) in [5.41, 5.74) is 0.247. The summed E-state index contributed by atoms with van der Waals surface area (Å²) in [5, 5.41) is 17.7. The maximum absolute atomic E-state index is 12.7. The number of nitrogens with zero attached hydrogens (tertiary/aromatic N) is 1. The summed E-state index contributed by atoms with van der Waals surface area (Å²) in [6, 6.07) is 7.95. The Morgan fingerprint density at radius 1 is 1.19 bits per heavy atom. The highest BCUT2D eigenvalue weighted by Crippen LogP contribution is 2.31. The van der Waals surface area contributed by atoms with Crippen LogP contribution >= 0.6 is 11.3 Å². The number of aromatic nitrogens is 1. The molecule has 0 spiro atoms. The van der Waals surface area contributed by atoms with Crippen LogP contribution in [0.25, 0.3) is 11.3 Å². The van der Waals surface area contributed by atoms with Crippen molar-refractivity contribution < 1.29 is 23.1 Å². The van der Waals surface area contributed by atoms with Gasteiger partial charge in [-0.25, -0.2) is 4.98 Å². The van der Waals surface area contributed by atoms with Gasteiger partial charge < -0.3 is 15.7 Å². The summed E-state index contributed by atoms with van der Waals surface area (Å²) in [5.74, 6) is 0.0962. The van der Waals surface area contributed by atoms with E-state index in [4.69, 9.17) is 0 Å². The number of alkyl halides is 3. The first-order chi connectivity index (χ1) is 14.5. The van der Waals surface area contributed by atoms with Crippen molar-refractivity contribution in [2.24, 2.45) is 5.92 Å². The number of benzene rings is 1. The van der Waals surface area contributed by atoms with Crippen LogP contribution in [0.2, 0.25) is 0 Å². The van der Waals surface area contributed by atoms with Crippen molar-refractivity contribution in [1.29, 1.82) is 0 Å². The highest BCUT2D eigenvalue weighted by Gasteiger charge is 2.49. The fourth-order valence-corrected chi connectivity index (χ4v) is 4.37. The molecule has 1 amide bonds. The molecular weight excluding hydrogens is 427 g/mol. The average molecular weight is 456 g/mol. The van der Waals surface area contributed by atoms with Gasteiger partial charge in [-0.2, -0.15) is 13.2 Å². The van der Waals surface area contributed by atoms with E-state index in [0.29, 0.717) is 24.4 Å². The van der Waals surface area contributed by atoms with Gasteiger partial charge in [0, 0.05) is 30.0 Å². The Labute approximate surface area is 184 Å². The molecular formula is C22H28F3N3O2S. The first-order valence-corrected chi connectivity index (χ1v) is 11.3. The van der Waals surface area contributed by atoms with Crippen LogP contribution in [0.4, 0.5) is 18.3 Å². The predicted molar refractivity (Wildman–Crippen MR) is 116 cm³/mol. The lowest BCUT2D eigenvalue weighted by molar-refractivity contribution is -0.250. The van der Waals surface area contributed by atoms with E-state index in [0.717, 1.165) is 31.0 Å². The lowest BCUT2D eigenvalue weighted by atomic mass is 9.83. The highest BCUT2D eigenvalue weighted by atomic mass is 32.1. The molecule has 0 bridgehead atoms. The van der Waals surface area contributed by atoms with Crippen LogP contribution in [-0.2, 0) is 4.79 Å². The smallest absolute Gasteiger partial charge is 0.380 e. The lowest BCUT2D eigenvalue weighted by Gasteiger charge is -2.32. The molecule has 2 aromatic rings. The van der Waals surface area contributed by atoms with Crippen molar-refractivity contribution in [3.8, 4) is 11.3 Å². The molecule has 1 heterocycles. The normalized spacial score (nSPS) is 21.5. The van der Waals surface area contributed by atoms with E-state index in [1.165, 1.54) is 16.9 Å². The van der Waals surface area contributed by atoms with E-state index < -0.39 is 18.3 Å². The molecule has 1 unspecified atom stereocenters. The molecule has 0 radical (unpaired) electrons. The van der Waals surface area contributed by atoms with E-state index >= 15 is 0 Å². The van der Waals surface area contributed by atoms with E-state index in [2.05, 4.69) is 15.6 Å². The number of aliphatic hydroxyl groups is 1. The Bertz CT molecular complexity index is 873. The Hall–Kier alpha value is -1.97. The number of nitrogens with one attached hydrogen (secondary N) is 2. The second-order valence-electron chi connectivity index (χ2n) is 8.53. The number of hydrogen-bond acceptors (Lipinski definition) is 5. The molecule has 1 fully saturated rings. The van der Waals surface area contributed by atoms with E-state index in [-0.39, 0.29) is 17.9 Å². The van der Waals surface area contributed by atoms with E-state index in [9.17, 15) is 23.1 Å². The third-order valence-corrected chi connectivity index (χ3v) is 6.52. The van der Waals surface area contributed by atoms with E-state index in [1.54, 1.807) is 0 Å². The molecule has 1 saturated carbocycles. The molecule has 0 saturated heterocycles. The summed E-state index contributed by atoms with van der Waals surface area (Å²) in [6.07, 6.45) is -1.42. The van der Waals surface area contributed by atoms with Gasteiger partial charge in [0.25, 0.3) is 0 Å². The predicted octanol–water partition coefficient (Wildman–Crippen LogP) is 4.91. The van der Waals surface area contributed by atoms with Crippen LogP contribution in [0.5, 0.6) is 0 Å². The van der Waals surface area contributed by atoms with Crippen LogP contribution in [0.3, 0.4) is 0 Å². The summed E-state index contributed by atoms with van der Waals surface area (Å²) < 4.78 is 38.2. The molecule has 1 aromatic carbocycles. The van der Waals surface area contributed by atoms with Crippen LogP contribution in [0, 0.1) is 12.8 Å². The van der Waals surface area contributed by atoms with Crippen LogP contribution in [0.15, 0.2) is 29.6 Å². The number of carbonyl (C=O) groups excluding carboxylic acids is 1. The van der Waals surface area contributed by atoms with Gasteiger partial charge in [0.15, 0.2) is 10.7 Å². The molecule has 5 nitrogen and oxygen atoms in total. The largest absolute Gasteiger partial charge is 0.418 e. The monoisotopic (exact) mass is 455 g/mol. The minimum Gasteiger partial charge on any atom is -0.380 e. The Kier molecular flexibility index (Phi) is 7.39. The summed E-state index contributed by atoms with van der Waals surface area (Å²) in [4.78, 5) is 16.9. The lowest BCUT2D eigenvalue weighted by Crippen LogP contribution is -2.52. The number of halogens is 3. The molecule has 9 heteroatoms. The minimum absolute atomic E-state index is 0.0795. The van der Waals surface area contributed by atoms with Gasteiger partial charge in [-0.15, -0.1) is 11.3 Å². The van der Waals surface area contributed by atoms with Crippen molar-refractivity contribution in [1.82, 2.24) is 10.3 Å². The Balaban J connectivity index is 1.42. The van der Waals surface area contributed by atoms with Crippen molar-refractivity contribution in [2.45, 2.75) is 63.8 Å². The molecule has 3 N–H and O–H groups in total. The average Bonchev–Trinajstić information content (AvgIpc) is 3.15. The number of hydrogen-bond donors (Lipinski definition) is 3. The standard InChI is InChI=1S/C22H28F3N3O2S/c1-14-3-7-16(8-4-14)18-12-31-20(27-18)28-19(29)11-15-5-9-17(10-6-15)26-13-21(2,30)22(23,24)25/h3-4,7-8,12,15,17,26,30H,5-6,9-11,13H2,1-2H3,(H,27,28,29)/t15-,17-,21?. The first kappa shape index (κ1) is 23.7. The number of rotatable bonds is 7. The zero-order valence-corrected chi connectivity index (χ0v) is 18.4. The molecule has 1 atom stereocenters. The Morgan fingerprint density at radius 2 is 1.84 bits per heavy atom. The van der Waals surface area contributed by atoms with Gasteiger partial charge in [-0.3, -0.25) is 4.79 Å². The van der Waals surface area contributed by atoms with Gasteiger partial charge in [0.1, 0.15) is 0 Å². The zero-order chi connectivity index (χ0) is 22.6. The van der Waals surface area contributed by atoms with Gasteiger partial charge in [-0.05, 0) is 45.4 Å². The first-order valence-electron chi connectivity index (χ1n) is 10.4. The van der Waals surface area contributed by atoms with Crippen molar-refractivity contribution >= 4 is 22.4 Å². The fourth-order valence-electron chi connectivity index (χ4n) is 3.63. The van der Waals surface area contributed by atoms with Gasteiger partial charge >= 0.3 is 6.18 Å². The van der Waals surface area contributed by atoms with Crippen LogP contribution in [-0.4, -0.2) is 40.4 Å². The quantitative estimate of drug-likeness (QED) is 0.555. The number of carbonyl (C=O) groups is 1. The number of anilines is 1. The summed E-state index contributed by atoms with van der Waals surface area (Å²) in [6.45, 7) is 2.27. The van der Waals surface area contributed by atoms with Gasteiger partial charge in [0.2, 0.25) is 5.91 Å². The molecule has 1 aromatic heterocycles. The topological polar surface area (TPSA) is 74.2 Å². The second kappa shape index (κ2) is 9.67. The second-order valence-corrected chi connectivity index (χ2v) is 9.38. The molecule has 170 valence electrons. The van der Waals surface area contributed by atoms with Crippen molar-refractivity contribution in [3.05, 3.63) is 35.2 Å². The third-order valence-electron chi connectivity index (χ3n) is 5.76. The molecule has 1 aliphatic rings. The Morgan fingerprint density at radius 3 is 2.45 bits per heavy atom. The molecule has 1 aliphatic carbocycles. The molecule has 31 heavy (non-hydrogen) atoms. The maximum Gasteiger partial charge on any atom is 0.418 e. The van der Waals surface area contributed by atoms with Crippen molar-refractivity contribution in [2.75, 3.05) is 11.9 Å². The molecule has 0 aliphatic heterocycles. The van der Waals surface area contributed by atoms with Gasteiger partial charge in [-0.1, -0.05) is 29.8 Å². The molecule has 3 rings (SSSR count). The summed E-state index contributed by atoms with van der Waals surface area (Å²) >= 11 is 1.38. The van der Waals surface area contributed by atoms with Crippen LogP contribution in [0.1, 0.15) is 44.6 Å². The number of aryl methyl sites for hydroxylation is 1. The van der Waals surface area contributed by atoms with Crippen molar-refractivity contribution in [3.63, 3.8) is 0 Å². The SMILES string of the molecule is Cc1ccc(-c2csc(NC(=O)C[C@H]3CC[C@H](NCC(C)(O)C(F)(F)F)CC3)n2)cc1. The van der Waals surface area contributed by atoms with E-state index in [1.807, 2.05) is 36.6 Å². The van der Waals surface area contributed by atoms with Gasteiger partial charge in [0.05, 0.1) is 5.69 Å². The zero-order valence-electron chi connectivity index (χ0n) is 17.6. The maximum atomic E-state index is 12.7. The number of amides is 1.